The van der Waals surface area contributed by atoms with Gasteiger partial charge in [-0.3, -0.25) is 4.79 Å². The van der Waals surface area contributed by atoms with E-state index in [1.807, 2.05) is 31.2 Å². The Bertz CT molecular complexity index is 638. The quantitative estimate of drug-likeness (QED) is 0.851. The van der Waals surface area contributed by atoms with Gasteiger partial charge in [0, 0.05) is 16.3 Å². The number of carbonyl (C=O) groups is 1. The van der Waals surface area contributed by atoms with Crippen molar-refractivity contribution in [3.8, 4) is 5.75 Å². The highest BCUT2D eigenvalue weighted by Crippen LogP contribution is 2.20. The second-order valence-electron chi connectivity index (χ2n) is 4.75. The van der Waals surface area contributed by atoms with Gasteiger partial charge >= 0.3 is 0 Å². The van der Waals surface area contributed by atoms with E-state index < -0.39 is 0 Å². The summed E-state index contributed by atoms with van der Waals surface area (Å²) in [6.07, 6.45) is 0. The van der Waals surface area contributed by atoms with Gasteiger partial charge in [-0.05, 0) is 42.8 Å². The summed E-state index contributed by atoms with van der Waals surface area (Å²) in [6.45, 7) is 1.90. The molecule has 0 aliphatic rings. The maximum atomic E-state index is 12.2. The van der Waals surface area contributed by atoms with Crippen LogP contribution in [0.25, 0.3) is 0 Å². The molecule has 110 valence electrons. The number of methoxy groups -OCH3 is 1. The van der Waals surface area contributed by atoms with Gasteiger partial charge in [0.1, 0.15) is 5.75 Å². The second kappa shape index (κ2) is 6.50. The molecule has 21 heavy (non-hydrogen) atoms. The lowest BCUT2D eigenvalue weighted by atomic mass is 10.1. The number of halogens is 1. The van der Waals surface area contributed by atoms with Crippen LogP contribution in [0.15, 0.2) is 42.5 Å². The predicted octanol–water partition coefficient (Wildman–Crippen LogP) is 3.42. The van der Waals surface area contributed by atoms with Crippen molar-refractivity contribution < 1.29 is 9.53 Å². The number of anilines is 1. The third kappa shape index (κ3) is 3.89. The molecule has 0 saturated heterocycles. The minimum atomic E-state index is -0.223. The van der Waals surface area contributed by atoms with E-state index in [-0.39, 0.29) is 11.9 Å². The van der Waals surface area contributed by atoms with Gasteiger partial charge in [0.05, 0.1) is 13.2 Å². The van der Waals surface area contributed by atoms with E-state index in [4.69, 9.17) is 22.1 Å². The minimum Gasteiger partial charge on any atom is -0.497 e. The molecule has 1 unspecified atom stereocenters. The average Bonchev–Trinajstić information content (AvgIpc) is 2.46. The Labute approximate surface area is 128 Å². The third-order valence-corrected chi connectivity index (χ3v) is 3.34. The maximum Gasteiger partial charge on any atom is 0.251 e. The van der Waals surface area contributed by atoms with Gasteiger partial charge in [-0.2, -0.15) is 0 Å². The number of nitrogen functional groups attached to an aromatic ring is 1. The molecule has 0 spiro atoms. The molecule has 3 N–H and O–H groups in total. The van der Waals surface area contributed by atoms with Gasteiger partial charge in [-0.15, -0.1) is 0 Å². The van der Waals surface area contributed by atoms with Crippen LogP contribution in [0.1, 0.15) is 28.9 Å². The number of hydrogen-bond acceptors (Lipinski definition) is 3. The first-order chi connectivity index (χ1) is 9.99. The number of amides is 1. The molecule has 1 amide bonds. The predicted molar refractivity (Wildman–Crippen MR) is 84.7 cm³/mol. The fourth-order valence-electron chi connectivity index (χ4n) is 2.02. The van der Waals surface area contributed by atoms with Gasteiger partial charge in [0.25, 0.3) is 5.91 Å². The van der Waals surface area contributed by atoms with E-state index in [9.17, 15) is 4.79 Å². The number of nitrogens with one attached hydrogen (secondary N) is 1. The summed E-state index contributed by atoms with van der Waals surface area (Å²) in [4.78, 5) is 12.2. The Balaban J connectivity index is 2.14. The maximum absolute atomic E-state index is 12.2. The van der Waals surface area contributed by atoms with Crippen LogP contribution >= 0.6 is 11.6 Å². The van der Waals surface area contributed by atoms with Crippen LogP contribution in [0.3, 0.4) is 0 Å². The number of hydrogen-bond donors (Lipinski definition) is 2. The normalized spacial score (nSPS) is 11.8. The Morgan fingerprint density at radius 2 is 2.05 bits per heavy atom. The minimum absolute atomic E-state index is 0.159. The van der Waals surface area contributed by atoms with Gasteiger partial charge in [0.15, 0.2) is 0 Å². The van der Waals surface area contributed by atoms with Crippen LogP contribution in [0.2, 0.25) is 5.02 Å². The first-order valence-electron chi connectivity index (χ1n) is 6.50. The molecule has 5 heteroatoms. The molecule has 0 radical (unpaired) electrons. The third-order valence-electron chi connectivity index (χ3n) is 3.12. The molecule has 2 rings (SSSR count). The number of nitrogens with two attached hydrogens (primary N) is 1. The molecule has 0 fully saturated rings. The monoisotopic (exact) mass is 304 g/mol. The zero-order valence-corrected chi connectivity index (χ0v) is 12.6. The standard InChI is InChI=1S/C16H17ClN2O2/c1-10(11-4-3-5-15(8-11)21-2)19-16(20)12-6-13(17)9-14(18)7-12/h3-10H,18H2,1-2H3,(H,19,20). The van der Waals surface area contributed by atoms with Crippen molar-refractivity contribution in [1.29, 1.82) is 0 Å². The number of ether oxygens (including phenoxy) is 1. The van der Waals surface area contributed by atoms with Gasteiger partial charge in [0.2, 0.25) is 0 Å². The van der Waals surface area contributed by atoms with Gasteiger partial charge < -0.3 is 15.8 Å². The van der Waals surface area contributed by atoms with E-state index >= 15 is 0 Å². The fraction of sp³-hybridized carbons (Fsp3) is 0.188. The summed E-state index contributed by atoms with van der Waals surface area (Å²) in [6, 6.07) is 12.2. The Hall–Kier alpha value is -2.20. The summed E-state index contributed by atoms with van der Waals surface area (Å²) < 4.78 is 5.18. The summed E-state index contributed by atoms with van der Waals surface area (Å²) in [7, 11) is 1.61. The van der Waals surface area contributed by atoms with E-state index in [1.54, 1.807) is 25.3 Å². The molecule has 4 nitrogen and oxygen atoms in total. The first kappa shape index (κ1) is 15.2. The molecule has 1 atom stereocenters. The number of carbonyl (C=O) groups excluding carboxylic acids is 1. The lowest BCUT2D eigenvalue weighted by Gasteiger charge is -2.15. The summed E-state index contributed by atoms with van der Waals surface area (Å²) in [5.41, 5.74) is 7.55. The SMILES string of the molecule is COc1cccc(C(C)NC(=O)c2cc(N)cc(Cl)c2)c1. The number of benzene rings is 2. The van der Waals surface area contributed by atoms with Crippen molar-refractivity contribution >= 4 is 23.2 Å². The molecule has 2 aromatic rings. The van der Waals surface area contributed by atoms with Crippen molar-refractivity contribution in [3.63, 3.8) is 0 Å². The van der Waals surface area contributed by atoms with Crippen LogP contribution in [0.5, 0.6) is 5.75 Å². The molecule has 2 aromatic carbocycles. The molecule has 0 heterocycles. The van der Waals surface area contributed by atoms with Crippen molar-refractivity contribution in [2.45, 2.75) is 13.0 Å². The molecule has 0 aliphatic heterocycles. The highest BCUT2D eigenvalue weighted by Gasteiger charge is 2.13. The molecular weight excluding hydrogens is 288 g/mol. The first-order valence-corrected chi connectivity index (χ1v) is 6.88. The zero-order valence-electron chi connectivity index (χ0n) is 11.9. The zero-order chi connectivity index (χ0) is 15.4. The van der Waals surface area contributed by atoms with E-state index in [2.05, 4.69) is 5.32 Å². The van der Waals surface area contributed by atoms with Crippen LogP contribution in [0.4, 0.5) is 5.69 Å². The Morgan fingerprint density at radius 1 is 1.29 bits per heavy atom. The second-order valence-corrected chi connectivity index (χ2v) is 5.18. The number of rotatable bonds is 4. The van der Waals surface area contributed by atoms with Crippen LogP contribution in [-0.2, 0) is 0 Å². The Kier molecular flexibility index (Phi) is 4.70. The lowest BCUT2D eigenvalue weighted by molar-refractivity contribution is 0.0940. The molecule has 0 aliphatic carbocycles. The van der Waals surface area contributed by atoms with Crippen molar-refractivity contribution in [2.24, 2.45) is 0 Å². The summed E-state index contributed by atoms with van der Waals surface area (Å²) >= 11 is 5.91. The van der Waals surface area contributed by atoms with Crippen molar-refractivity contribution in [3.05, 3.63) is 58.6 Å². The van der Waals surface area contributed by atoms with E-state index in [0.29, 0.717) is 16.3 Å². The smallest absolute Gasteiger partial charge is 0.251 e. The van der Waals surface area contributed by atoms with Crippen LogP contribution < -0.4 is 15.8 Å². The molecule has 0 saturated carbocycles. The topological polar surface area (TPSA) is 64.3 Å². The summed E-state index contributed by atoms with van der Waals surface area (Å²) in [5.74, 6) is 0.528. The largest absolute Gasteiger partial charge is 0.497 e. The van der Waals surface area contributed by atoms with Crippen molar-refractivity contribution in [2.75, 3.05) is 12.8 Å². The molecule has 0 bridgehead atoms. The van der Waals surface area contributed by atoms with Crippen molar-refractivity contribution in [1.82, 2.24) is 5.32 Å². The van der Waals surface area contributed by atoms with Crippen LogP contribution in [-0.4, -0.2) is 13.0 Å². The summed E-state index contributed by atoms with van der Waals surface area (Å²) in [5, 5.41) is 3.35. The van der Waals surface area contributed by atoms with E-state index in [1.165, 1.54) is 0 Å². The van der Waals surface area contributed by atoms with Crippen LogP contribution in [0, 0.1) is 0 Å². The fourth-order valence-corrected chi connectivity index (χ4v) is 2.26. The lowest BCUT2D eigenvalue weighted by Crippen LogP contribution is -2.26. The highest BCUT2D eigenvalue weighted by molar-refractivity contribution is 6.31. The van der Waals surface area contributed by atoms with Gasteiger partial charge in [-0.25, -0.2) is 0 Å². The molecule has 0 aromatic heterocycles. The van der Waals surface area contributed by atoms with E-state index in [0.717, 1.165) is 11.3 Å². The average molecular weight is 305 g/mol. The Morgan fingerprint density at radius 3 is 2.71 bits per heavy atom. The molecular formula is C16H17ClN2O2. The van der Waals surface area contributed by atoms with Gasteiger partial charge in [-0.1, -0.05) is 23.7 Å². The highest BCUT2D eigenvalue weighted by atomic mass is 35.5.